The molecule has 2 atom stereocenters. The van der Waals surface area contributed by atoms with Gasteiger partial charge in [-0.05, 0) is 43.0 Å². The topological polar surface area (TPSA) is 21.3 Å². The number of hydrogen-bond acceptors (Lipinski definition) is 2. The Morgan fingerprint density at radius 1 is 1.26 bits per heavy atom. The Hall–Kier alpha value is -0.730. The monoisotopic (exact) mass is 281 g/mol. The average Bonchev–Trinajstić information content (AvgIpc) is 2.65. The zero-order valence-corrected chi connectivity index (χ0v) is 12.7. The molecule has 2 nitrogen and oxygen atoms in total. The van der Waals surface area contributed by atoms with Crippen molar-refractivity contribution in [1.82, 2.24) is 5.32 Å². The summed E-state index contributed by atoms with van der Waals surface area (Å²) in [5.74, 6) is 1.37. The fourth-order valence-electron chi connectivity index (χ4n) is 3.12. The van der Waals surface area contributed by atoms with Crippen molar-refractivity contribution in [1.29, 1.82) is 0 Å². The second kappa shape index (κ2) is 7.16. The highest BCUT2D eigenvalue weighted by Gasteiger charge is 2.25. The Balaban J connectivity index is 2.24. The number of likely N-dealkylation sites (N-methyl/N-ethyl adjacent to an activating group) is 1. The first-order valence-electron chi connectivity index (χ1n) is 7.33. The summed E-state index contributed by atoms with van der Waals surface area (Å²) in [4.78, 5) is 0. The van der Waals surface area contributed by atoms with E-state index in [1.54, 1.807) is 7.11 Å². The fraction of sp³-hybridized carbons (Fsp3) is 0.625. The fourth-order valence-corrected chi connectivity index (χ4v) is 3.31. The summed E-state index contributed by atoms with van der Waals surface area (Å²) in [6.45, 7) is 3.22. The minimum atomic E-state index is 0.577. The van der Waals surface area contributed by atoms with Crippen molar-refractivity contribution >= 4 is 11.6 Å². The molecule has 1 aliphatic carbocycles. The van der Waals surface area contributed by atoms with Crippen LogP contribution in [-0.2, 0) is 0 Å². The Kier molecular flexibility index (Phi) is 5.53. The maximum absolute atomic E-state index is 6.12. The van der Waals surface area contributed by atoms with Crippen LogP contribution in [0.3, 0.4) is 0 Å². The molecule has 3 heteroatoms. The second-order valence-electron chi connectivity index (χ2n) is 5.30. The van der Waals surface area contributed by atoms with E-state index in [-0.39, 0.29) is 0 Å². The van der Waals surface area contributed by atoms with E-state index in [0.29, 0.717) is 17.0 Å². The number of nitrogens with one attached hydrogen (secondary N) is 1. The van der Waals surface area contributed by atoms with Gasteiger partial charge >= 0.3 is 0 Å². The quantitative estimate of drug-likeness (QED) is 0.827. The molecule has 1 saturated carbocycles. The predicted molar refractivity (Wildman–Crippen MR) is 81.3 cm³/mol. The summed E-state index contributed by atoms with van der Waals surface area (Å²) in [6, 6.07) is 6.82. The molecule has 19 heavy (non-hydrogen) atoms. The lowest BCUT2D eigenvalue weighted by molar-refractivity contribution is 0.404. The smallest absolute Gasteiger partial charge is 0.137 e. The van der Waals surface area contributed by atoms with Crippen molar-refractivity contribution in [3.63, 3.8) is 0 Å². The van der Waals surface area contributed by atoms with E-state index < -0.39 is 0 Å². The molecule has 1 aromatic carbocycles. The SMILES string of the molecule is CCNC1CCCCCC1c1ccc(Cl)c(OC)c1. The van der Waals surface area contributed by atoms with Crippen molar-refractivity contribution in [3.05, 3.63) is 28.8 Å². The third-order valence-electron chi connectivity index (χ3n) is 4.09. The van der Waals surface area contributed by atoms with E-state index in [4.69, 9.17) is 16.3 Å². The van der Waals surface area contributed by atoms with Gasteiger partial charge in [-0.15, -0.1) is 0 Å². The normalized spacial score (nSPS) is 23.9. The van der Waals surface area contributed by atoms with Crippen LogP contribution in [0.1, 0.15) is 50.5 Å². The first kappa shape index (κ1) is 14.7. The molecule has 1 N–H and O–H groups in total. The van der Waals surface area contributed by atoms with Gasteiger partial charge in [0.2, 0.25) is 0 Å². The highest BCUT2D eigenvalue weighted by atomic mass is 35.5. The Bertz CT molecular complexity index is 408. The van der Waals surface area contributed by atoms with Gasteiger partial charge in [-0.3, -0.25) is 0 Å². The molecule has 0 spiro atoms. The number of halogens is 1. The van der Waals surface area contributed by atoms with Crippen LogP contribution in [-0.4, -0.2) is 19.7 Å². The highest BCUT2D eigenvalue weighted by molar-refractivity contribution is 6.32. The van der Waals surface area contributed by atoms with Gasteiger partial charge in [0, 0.05) is 6.04 Å². The number of benzene rings is 1. The van der Waals surface area contributed by atoms with Crippen LogP contribution < -0.4 is 10.1 Å². The number of methoxy groups -OCH3 is 1. The lowest BCUT2D eigenvalue weighted by atomic mass is 9.87. The molecule has 1 aliphatic rings. The van der Waals surface area contributed by atoms with Gasteiger partial charge in [-0.2, -0.15) is 0 Å². The molecular formula is C16H24ClNO. The van der Waals surface area contributed by atoms with E-state index in [2.05, 4.69) is 24.4 Å². The molecule has 0 aliphatic heterocycles. The van der Waals surface area contributed by atoms with Gasteiger partial charge in [0.25, 0.3) is 0 Å². The maximum Gasteiger partial charge on any atom is 0.137 e. The maximum atomic E-state index is 6.12. The standard InChI is InChI=1S/C16H24ClNO/c1-3-18-15-8-6-4-5-7-13(15)12-9-10-14(17)16(11-12)19-2/h9-11,13,15,18H,3-8H2,1-2H3. The minimum absolute atomic E-state index is 0.577. The molecular weight excluding hydrogens is 258 g/mol. The van der Waals surface area contributed by atoms with Crippen LogP contribution in [0, 0.1) is 0 Å². The van der Waals surface area contributed by atoms with Crippen molar-refractivity contribution < 1.29 is 4.74 Å². The lowest BCUT2D eigenvalue weighted by Gasteiger charge is -2.26. The number of ether oxygens (including phenoxy) is 1. The van der Waals surface area contributed by atoms with Gasteiger partial charge < -0.3 is 10.1 Å². The van der Waals surface area contributed by atoms with Crippen molar-refractivity contribution in [2.75, 3.05) is 13.7 Å². The molecule has 0 saturated heterocycles. The summed E-state index contributed by atoms with van der Waals surface area (Å²) in [6.07, 6.45) is 6.52. The minimum Gasteiger partial charge on any atom is -0.495 e. The van der Waals surface area contributed by atoms with Crippen LogP contribution in [0.5, 0.6) is 5.75 Å². The third kappa shape index (κ3) is 3.64. The largest absolute Gasteiger partial charge is 0.495 e. The summed E-state index contributed by atoms with van der Waals surface area (Å²) >= 11 is 6.12. The van der Waals surface area contributed by atoms with Crippen LogP contribution in [0.4, 0.5) is 0 Å². The van der Waals surface area contributed by atoms with Gasteiger partial charge in [-0.1, -0.05) is 43.9 Å². The van der Waals surface area contributed by atoms with E-state index in [9.17, 15) is 0 Å². The van der Waals surface area contributed by atoms with Gasteiger partial charge in [0.15, 0.2) is 0 Å². The zero-order valence-electron chi connectivity index (χ0n) is 11.9. The molecule has 1 fully saturated rings. The van der Waals surface area contributed by atoms with E-state index >= 15 is 0 Å². The summed E-state index contributed by atoms with van der Waals surface area (Å²) in [5, 5.41) is 4.35. The predicted octanol–water partition coefficient (Wildman–Crippen LogP) is 4.37. The van der Waals surface area contributed by atoms with E-state index in [1.807, 2.05) is 6.07 Å². The molecule has 0 bridgehead atoms. The zero-order chi connectivity index (χ0) is 13.7. The molecule has 0 heterocycles. The van der Waals surface area contributed by atoms with Crippen LogP contribution in [0.2, 0.25) is 5.02 Å². The summed E-state index contributed by atoms with van der Waals surface area (Å²) in [7, 11) is 1.68. The first-order chi connectivity index (χ1) is 9.26. The Labute approximate surface area is 121 Å². The second-order valence-corrected chi connectivity index (χ2v) is 5.71. The van der Waals surface area contributed by atoms with Crippen LogP contribution in [0.25, 0.3) is 0 Å². The van der Waals surface area contributed by atoms with Crippen molar-refractivity contribution in [3.8, 4) is 5.75 Å². The molecule has 1 aromatic rings. The summed E-state index contributed by atoms with van der Waals surface area (Å²) in [5.41, 5.74) is 1.36. The van der Waals surface area contributed by atoms with E-state index in [1.165, 1.54) is 37.7 Å². The number of rotatable bonds is 4. The highest BCUT2D eigenvalue weighted by Crippen LogP contribution is 2.35. The Morgan fingerprint density at radius 2 is 2.05 bits per heavy atom. The molecule has 2 rings (SSSR count). The van der Waals surface area contributed by atoms with Crippen molar-refractivity contribution in [2.45, 2.75) is 51.0 Å². The molecule has 2 unspecified atom stereocenters. The lowest BCUT2D eigenvalue weighted by Crippen LogP contribution is -2.34. The van der Waals surface area contributed by atoms with Gasteiger partial charge in [0.1, 0.15) is 5.75 Å². The third-order valence-corrected chi connectivity index (χ3v) is 4.40. The molecule has 0 radical (unpaired) electrons. The molecule has 0 amide bonds. The van der Waals surface area contributed by atoms with Crippen molar-refractivity contribution in [2.24, 2.45) is 0 Å². The van der Waals surface area contributed by atoms with Crippen LogP contribution >= 0.6 is 11.6 Å². The summed E-state index contributed by atoms with van der Waals surface area (Å²) < 4.78 is 5.35. The Morgan fingerprint density at radius 3 is 2.79 bits per heavy atom. The van der Waals surface area contributed by atoms with Crippen LogP contribution in [0.15, 0.2) is 18.2 Å². The van der Waals surface area contributed by atoms with E-state index in [0.717, 1.165) is 12.3 Å². The van der Waals surface area contributed by atoms with Gasteiger partial charge in [0.05, 0.1) is 12.1 Å². The van der Waals surface area contributed by atoms with Gasteiger partial charge in [-0.25, -0.2) is 0 Å². The molecule has 0 aromatic heterocycles. The molecule has 106 valence electrons. The average molecular weight is 282 g/mol. The number of hydrogen-bond donors (Lipinski definition) is 1. The first-order valence-corrected chi connectivity index (χ1v) is 7.71.